The van der Waals surface area contributed by atoms with Crippen LogP contribution in [0.15, 0.2) is 40.9 Å². The molecule has 18 heavy (non-hydrogen) atoms. The smallest absolute Gasteiger partial charge is 0.0850 e. The summed E-state index contributed by atoms with van der Waals surface area (Å²) in [6.45, 7) is 2.03. The lowest BCUT2D eigenvalue weighted by Gasteiger charge is -2.13. The lowest BCUT2D eigenvalue weighted by Crippen LogP contribution is -1.95. The van der Waals surface area contributed by atoms with Gasteiger partial charge in [0.15, 0.2) is 0 Å². The van der Waals surface area contributed by atoms with Crippen molar-refractivity contribution >= 4 is 50.7 Å². The van der Waals surface area contributed by atoms with Crippen molar-refractivity contribution in [3.63, 3.8) is 0 Å². The van der Waals surface area contributed by atoms with Crippen molar-refractivity contribution in [1.82, 2.24) is 0 Å². The Morgan fingerprint density at radius 2 is 1.78 bits per heavy atom. The van der Waals surface area contributed by atoms with Gasteiger partial charge < -0.3 is 0 Å². The van der Waals surface area contributed by atoms with Gasteiger partial charge in [-0.25, -0.2) is 0 Å². The zero-order valence-electron chi connectivity index (χ0n) is 9.55. The highest BCUT2D eigenvalue weighted by Gasteiger charge is 2.15. The van der Waals surface area contributed by atoms with Gasteiger partial charge in [-0.1, -0.05) is 51.3 Å². The minimum absolute atomic E-state index is 0.286. The highest BCUT2D eigenvalue weighted by Crippen LogP contribution is 2.36. The fourth-order valence-corrected chi connectivity index (χ4v) is 3.31. The van der Waals surface area contributed by atoms with Gasteiger partial charge in [0.05, 0.1) is 5.38 Å². The maximum atomic E-state index is 6.48. The summed E-state index contributed by atoms with van der Waals surface area (Å²) in [6.07, 6.45) is 0. The second-order valence-corrected chi connectivity index (χ2v) is 6.29. The molecule has 0 aliphatic rings. The average Bonchev–Trinajstić information content (AvgIpc) is 2.26. The molecule has 0 N–H and O–H groups in total. The fraction of sp³-hybridized carbons (Fsp3) is 0.143. The Hall–Kier alpha value is -0.210. The summed E-state index contributed by atoms with van der Waals surface area (Å²) in [5, 5.41) is 0.907. The summed E-state index contributed by atoms with van der Waals surface area (Å²) in [4.78, 5) is 0. The number of benzene rings is 2. The maximum absolute atomic E-state index is 6.48. The van der Waals surface area contributed by atoms with Crippen molar-refractivity contribution in [2.24, 2.45) is 0 Å². The van der Waals surface area contributed by atoms with Gasteiger partial charge in [-0.2, -0.15) is 0 Å². The molecule has 94 valence electrons. The summed E-state index contributed by atoms with van der Waals surface area (Å²) in [5.74, 6) is 0. The Kier molecular flexibility index (Phi) is 4.60. The molecule has 0 bridgehead atoms. The Bertz CT molecular complexity index is 561. The summed E-state index contributed by atoms with van der Waals surface area (Å²) in [7, 11) is 0. The van der Waals surface area contributed by atoms with Crippen molar-refractivity contribution in [1.29, 1.82) is 0 Å². The fourth-order valence-electron chi connectivity index (χ4n) is 1.80. The quantitative estimate of drug-likeness (QED) is 0.541. The topological polar surface area (TPSA) is 0 Å². The van der Waals surface area contributed by atoms with E-state index in [1.807, 2.05) is 31.2 Å². The minimum Gasteiger partial charge on any atom is -0.113 e. The molecule has 2 aromatic carbocycles. The second kappa shape index (κ2) is 5.83. The van der Waals surface area contributed by atoms with Gasteiger partial charge in [-0.15, -0.1) is 11.6 Å². The molecule has 0 saturated carbocycles. The van der Waals surface area contributed by atoms with Crippen LogP contribution in [-0.2, 0) is 0 Å². The molecule has 0 aliphatic heterocycles. The van der Waals surface area contributed by atoms with E-state index < -0.39 is 0 Å². The van der Waals surface area contributed by atoms with E-state index in [1.54, 1.807) is 12.1 Å². The van der Waals surface area contributed by atoms with Gasteiger partial charge in [-0.05, 0) is 47.9 Å². The molecule has 2 rings (SSSR count). The van der Waals surface area contributed by atoms with Crippen molar-refractivity contribution < 1.29 is 0 Å². The third kappa shape index (κ3) is 3.21. The lowest BCUT2D eigenvalue weighted by atomic mass is 10.0. The van der Waals surface area contributed by atoms with Gasteiger partial charge in [0.1, 0.15) is 0 Å². The van der Waals surface area contributed by atoms with Crippen LogP contribution in [0.5, 0.6) is 0 Å². The lowest BCUT2D eigenvalue weighted by molar-refractivity contribution is 1.13. The van der Waals surface area contributed by atoms with E-state index in [2.05, 4.69) is 15.9 Å². The number of halogens is 4. The standard InChI is InChI=1S/C14H10BrCl3/c1-8-4-9(6-10(15)5-8)14(18)12-3-2-11(16)7-13(12)17/h2-7,14H,1H3. The summed E-state index contributed by atoms with van der Waals surface area (Å²) in [5.41, 5.74) is 3.02. The van der Waals surface area contributed by atoms with Crippen LogP contribution in [0.2, 0.25) is 10.0 Å². The number of rotatable bonds is 2. The maximum Gasteiger partial charge on any atom is 0.0850 e. The zero-order valence-corrected chi connectivity index (χ0v) is 13.4. The molecule has 2 aromatic rings. The first-order valence-corrected chi connectivity index (χ1v) is 7.32. The molecule has 4 heteroatoms. The highest BCUT2D eigenvalue weighted by molar-refractivity contribution is 9.10. The molecule has 0 nitrogen and oxygen atoms in total. The van der Waals surface area contributed by atoms with E-state index in [1.165, 1.54) is 0 Å². The highest BCUT2D eigenvalue weighted by atomic mass is 79.9. The monoisotopic (exact) mass is 362 g/mol. The first-order chi connectivity index (χ1) is 8.47. The Morgan fingerprint density at radius 1 is 1.06 bits per heavy atom. The van der Waals surface area contributed by atoms with Crippen molar-refractivity contribution in [2.75, 3.05) is 0 Å². The largest absolute Gasteiger partial charge is 0.113 e. The first-order valence-electron chi connectivity index (χ1n) is 5.33. The number of hydrogen-bond donors (Lipinski definition) is 0. The summed E-state index contributed by atoms with van der Waals surface area (Å²) in [6, 6.07) is 11.4. The third-order valence-electron chi connectivity index (χ3n) is 2.59. The SMILES string of the molecule is Cc1cc(Br)cc(C(Cl)c2ccc(Cl)cc2Cl)c1. The van der Waals surface area contributed by atoms with Crippen LogP contribution in [-0.4, -0.2) is 0 Å². The van der Waals surface area contributed by atoms with Crippen molar-refractivity contribution in [2.45, 2.75) is 12.3 Å². The molecule has 1 unspecified atom stereocenters. The van der Waals surface area contributed by atoms with Crippen LogP contribution in [0, 0.1) is 6.92 Å². The van der Waals surface area contributed by atoms with E-state index >= 15 is 0 Å². The van der Waals surface area contributed by atoms with Crippen molar-refractivity contribution in [3.05, 3.63) is 67.6 Å². The van der Waals surface area contributed by atoms with E-state index in [-0.39, 0.29) is 5.38 Å². The minimum atomic E-state index is -0.286. The third-order valence-corrected chi connectivity index (χ3v) is 4.10. The van der Waals surface area contributed by atoms with Gasteiger partial charge in [-0.3, -0.25) is 0 Å². The molecule has 0 aliphatic carbocycles. The Labute approximate surface area is 130 Å². The molecule has 0 heterocycles. The number of hydrogen-bond acceptors (Lipinski definition) is 0. The van der Waals surface area contributed by atoms with Gasteiger partial charge in [0.2, 0.25) is 0 Å². The zero-order chi connectivity index (χ0) is 13.3. The van der Waals surface area contributed by atoms with Crippen LogP contribution in [0.25, 0.3) is 0 Å². The van der Waals surface area contributed by atoms with E-state index in [0.717, 1.165) is 21.2 Å². The summed E-state index contributed by atoms with van der Waals surface area (Å²) >= 11 is 22.0. The van der Waals surface area contributed by atoms with E-state index in [9.17, 15) is 0 Å². The predicted molar refractivity (Wildman–Crippen MR) is 83.0 cm³/mol. The van der Waals surface area contributed by atoms with Gasteiger partial charge in [0.25, 0.3) is 0 Å². The molecule has 0 saturated heterocycles. The van der Waals surface area contributed by atoms with Gasteiger partial charge >= 0.3 is 0 Å². The molecule has 0 fully saturated rings. The molecule has 0 aromatic heterocycles. The molecular weight excluding hydrogens is 354 g/mol. The number of aryl methyl sites for hydroxylation is 1. The van der Waals surface area contributed by atoms with Crippen LogP contribution < -0.4 is 0 Å². The molecule has 1 atom stereocenters. The second-order valence-electron chi connectivity index (χ2n) is 4.09. The van der Waals surface area contributed by atoms with Crippen molar-refractivity contribution in [3.8, 4) is 0 Å². The predicted octanol–water partition coefficient (Wildman–Crippen LogP) is 6.39. The van der Waals surface area contributed by atoms with Gasteiger partial charge in [0, 0.05) is 14.5 Å². The summed E-state index contributed by atoms with van der Waals surface area (Å²) < 4.78 is 1.01. The molecule has 0 amide bonds. The number of alkyl halides is 1. The Balaban J connectivity index is 2.44. The normalized spacial score (nSPS) is 12.5. The Morgan fingerprint density at radius 3 is 2.39 bits per heavy atom. The average molecular weight is 364 g/mol. The molecule has 0 radical (unpaired) electrons. The van der Waals surface area contributed by atoms with E-state index in [4.69, 9.17) is 34.8 Å². The molecular formula is C14H10BrCl3. The van der Waals surface area contributed by atoms with Crippen LogP contribution in [0.4, 0.5) is 0 Å². The molecule has 0 spiro atoms. The van der Waals surface area contributed by atoms with Crippen LogP contribution in [0.1, 0.15) is 22.1 Å². The van der Waals surface area contributed by atoms with Crippen LogP contribution >= 0.6 is 50.7 Å². The van der Waals surface area contributed by atoms with Crippen LogP contribution in [0.3, 0.4) is 0 Å². The van der Waals surface area contributed by atoms with E-state index in [0.29, 0.717) is 10.0 Å². The first kappa shape index (κ1) is 14.2.